The average molecular weight is 192 g/mol. The lowest BCUT2D eigenvalue weighted by Crippen LogP contribution is -2.11. The summed E-state index contributed by atoms with van der Waals surface area (Å²) in [6.07, 6.45) is 0.414. The summed E-state index contributed by atoms with van der Waals surface area (Å²) < 4.78 is 0. The number of nitrogens with two attached hydrogens (primary N) is 1. The molecular formula is C11H16N2O. The van der Waals surface area contributed by atoms with E-state index in [9.17, 15) is 4.79 Å². The third-order valence-electron chi connectivity index (χ3n) is 2.06. The van der Waals surface area contributed by atoms with Crippen molar-refractivity contribution in [1.82, 2.24) is 0 Å². The Kier molecular flexibility index (Phi) is 3.65. The van der Waals surface area contributed by atoms with Crippen LogP contribution in [0.2, 0.25) is 0 Å². The van der Waals surface area contributed by atoms with Gasteiger partial charge < -0.3 is 10.6 Å². The molecule has 0 spiro atoms. The van der Waals surface area contributed by atoms with Crippen LogP contribution in [0.5, 0.6) is 0 Å². The maximum atomic E-state index is 11.5. The highest BCUT2D eigenvalue weighted by Gasteiger charge is 2.05. The van der Waals surface area contributed by atoms with Crippen molar-refractivity contribution in [2.75, 3.05) is 25.5 Å². The van der Waals surface area contributed by atoms with Crippen molar-refractivity contribution in [2.24, 2.45) is 5.73 Å². The number of anilines is 1. The quantitative estimate of drug-likeness (QED) is 0.731. The molecule has 1 rings (SSSR count). The van der Waals surface area contributed by atoms with Crippen molar-refractivity contribution in [1.29, 1.82) is 0 Å². The number of carbonyl (C=O) groups excluding carboxylic acids is 1. The smallest absolute Gasteiger partial charge is 0.164 e. The zero-order valence-corrected chi connectivity index (χ0v) is 8.66. The van der Waals surface area contributed by atoms with Gasteiger partial charge in [-0.3, -0.25) is 4.79 Å². The first-order valence-electron chi connectivity index (χ1n) is 4.66. The summed E-state index contributed by atoms with van der Waals surface area (Å²) in [4.78, 5) is 13.5. The Morgan fingerprint density at radius 3 is 2.71 bits per heavy atom. The molecule has 0 saturated carbocycles. The molecule has 1 aromatic carbocycles. The number of carbonyl (C=O) groups is 1. The fourth-order valence-electron chi connectivity index (χ4n) is 1.23. The number of benzene rings is 1. The van der Waals surface area contributed by atoms with Crippen LogP contribution in [0.1, 0.15) is 16.8 Å². The Balaban J connectivity index is 2.88. The summed E-state index contributed by atoms with van der Waals surface area (Å²) in [7, 11) is 3.90. The second-order valence-corrected chi connectivity index (χ2v) is 3.41. The molecule has 14 heavy (non-hydrogen) atoms. The molecule has 0 unspecified atom stereocenters. The Morgan fingerprint density at radius 1 is 1.43 bits per heavy atom. The highest BCUT2D eigenvalue weighted by Crippen LogP contribution is 2.14. The summed E-state index contributed by atoms with van der Waals surface area (Å²) in [5, 5.41) is 0. The van der Waals surface area contributed by atoms with E-state index in [0.29, 0.717) is 13.0 Å². The van der Waals surface area contributed by atoms with E-state index in [1.807, 2.05) is 43.3 Å². The molecule has 76 valence electrons. The Morgan fingerprint density at radius 2 is 2.14 bits per heavy atom. The Labute approximate surface area is 84.5 Å². The van der Waals surface area contributed by atoms with Crippen molar-refractivity contribution >= 4 is 11.5 Å². The van der Waals surface area contributed by atoms with Crippen LogP contribution in [0.3, 0.4) is 0 Å². The largest absolute Gasteiger partial charge is 0.378 e. The number of hydrogen-bond acceptors (Lipinski definition) is 3. The number of nitrogens with zero attached hydrogens (tertiary/aromatic N) is 1. The molecule has 0 aromatic heterocycles. The fraction of sp³-hybridized carbons (Fsp3) is 0.364. The van der Waals surface area contributed by atoms with Gasteiger partial charge in [0, 0.05) is 31.8 Å². The molecule has 0 radical (unpaired) electrons. The topological polar surface area (TPSA) is 46.3 Å². The van der Waals surface area contributed by atoms with Gasteiger partial charge in [0.2, 0.25) is 0 Å². The highest BCUT2D eigenvalue weighted by atomic mass is 16.1. The lowest BCUT2D eigenvalue weighted by molar-refractivity contribution is 0.0985. The average Bonchev–Trinajstić information content (AvgIpc) is 2.18. The summed E-state index contributed by atoms with van der Waals surface area (Å²) in [6, 6.07) is 7.57. The van der Waals surface area contributed by atoms with Crippen molar-refractivity contribution < 1.29 is 4.79 Å². The van der Waals surface area contributed by atoms with Gasteiger partial charge in [0.25, 0.3) is 0 Å². The first-order valence-corrected chi connectivity index (χ1v) is 4.66. The molecule has 0 heterocycles. The predicted octanol–water partition coefficient (Wildman–Crippen LogP) is 1.28. The lowest BCUT2D eigenvalue weighted by Gasteiger charge is -2.12. The van der Waals surface area contributed by atoms with Gasteiger partial charge in [0.1, 0.15) is 0 Å². The molecule has 0 amide bonds. The maximum Gasteiger partial charge on any atom is 0.164 e. The molecule has 3 heteroatoms. The third-order valence-corrected chi connectivity index (χ3v) is 2.06. The molecule has 3 nitrogen and oxygen atoms in total. The molecule has 0 fully saturated rings. The highest BCUT2D eigenvalue weighted by molar-refractivity contribution is 5.97. The Bertz CT molecular complexity index is 321. The van der Waals surface area contributed by atoms with E-state index < -0.39 is 0 Å². The number of rotatable bonds is 4. The summed E-state index contributed by atoms with van der Waals surface area (Å²) in [5.41, 5.74) is 7.11. The van der Waals surface area contributed by atoms with E-state index in [-0.39, 0.29) is 5.78 Å². The monoisotopic (exact) mass is 192 g/mol. The molecule has 0 saturated heterocycles. The molecule has 0 aliphatic heterocycles. The van der Waals surface area contributed by atoms with Gasteiger partial charge in [-0.15, -0.1) is 0 Å². The van der Waals surface area contributed by atoms with Gasteiger partial charge in [-0.25, -0.2) is 0 Å². The first-order chi connectivity index (χ1) is 6.65. The normalized spacial score (nSPS) is 9.93. The molecule has 2 N–H and O–H groups in total. The van der Waals surface area contributed by atoms with E-state index in [4.69, 9.17) is 5.73 Å². The van der Waals surface area contributed by atoms with Crippen LogP contribution in [-0.2, 0) is 0 Å². The van der Waals surface area contributed by atoms with Gasteiger partial charge in [-0.1, -0.05) is 12.1 Å². The first kappa shape index (κ1) is 10.7. The number of ketones is 1. The Hall–Kier alpha value is -1.35. The SMILES string of the molecule is CN(C)c1cccc(C(=O)CCN)c1. The zero-order chi connectivity index (χ0) is 10.6. The van der Waals surface area contributed by atoms with Crippen LogP contribution in [0.25, 0.3) is 0 Å². The van der Waals surface area contributed by atoms with Gasteiger partial charge in [-0.05, 0) is 18.7 Å². The molecule has 1 aromatic rings. The minimum absolute atomic E-state index is 0.108. The summed E-state index contributed by atoms with van der Waals surface area (Å²) in [5.74, 6) is 0.108. The third kappa shape index (κ3) is 2.57. The molecule has 0 aliphatic rings. The number of hydrogen-bond donors (Lipinski definition) is 1. The van der Waals surface area contributed by atoms with Crippen molar-refractivity contribution in [3.05, 3.63) is 29.8 Å². The minimum Gasteiger partial charge on any atom is -0.378 e. The second kappa shape index (κ2) is 4.77. The van der Waals surface area contributed by atoms with Crippen molar-refractivity contribution in [2.45, 2.75) is 6.42 Å². The summed E-state index contributed by atoms with van der Waals surface area (Å²) >= 11 is 0. The van der Waals surface area contributed by atoms with Crippen LogP contribution in [0.15, 0.2) is 24.3 Å². The molecular weight excluding hydrogens is 176 g/mol. The van der Waals surface area contributed by atoms with E-state index >= 15 is 0 Å². The van der Waals surface area contributed by atoms with Gasteiger partial charge >= 0.3 is 0 Å². The van der Waals surface area contributed by atoms with Crippen LogP contribution in [0, 0.1) is 0 Å². The van der Waals surface area contributed by atoms with Crippen molar-refractivity contribution in [3.63, 3.8) is 0 Å². The van der Waals surface area contributed by atoms with Crippen LogP contribution in [0.4, 0.5) is 5.69 Å². The van der Waals surface area contributed by atoms with Gasteiger partial charge in [0.05, 0.1) is 0 Å². The molecule has 0 aliphatic carbocycles. The van der Waals surface area contributed by atoms with E-state index in [0.717, 1.165) is 11.3 Å². The lowest BCUT2D eigenvalue weighted by atomic mass is 10.1. The van der Waals surface area contributed by atoms with Gasteiger partial charge in [-0.2, -0.15) is 0 Å². The summed E-state index contributed by atoms with van der Waals surface area (Å²) in [6.45, 7) is 0.408. The fourth-order valence-corrected chi connectivity index (χ4v) is 1.23. The minimum atomic E-state index is 0.108. The maximum absolute atomic E-state index is 11.5. The zero-order valence-electron chi connectivity index (χ0n) is 8.66. The van der Waals surface area contributed by atoms with E-state index in [2.05, 4.69) is 0 Å². The molecule has 0 atom stereocenters. The van der Waals surface area contributed by atoms with E-state index in [1.54, 1.807) is 0 Å². The molecule has 0 bridgehead atoms. The van der Waals surface area contributed by atoms with Crippen molar-refractivity contribution in [3.8, 4) is 0 Å². The number of Topliss-reactive ketones (excluding diaryl/α,β-unsaturated/α-hetero) is 1. The van der Waals surface area contributed by atoms with Crippen LogP contribution >= 0.6 is 0 Å². The van der Waals surface area contributed by atoms with E-state index in [1.165, 1.54) is 0 Å². The predicted molar refractivity (Wildman–Crippen MR) is 58.8 cm³/mol. The second-order valence-electron chi connectivity index (χ2n) is 3.41. The van der Waals surface area contributed by atoms with Gasteiger partial charge in [0.15, 0.2) is 5.78 Å². The standard InChI is InChI=1S/C11H16N2O/c1-13(2)10-5-3-4-9(8-10)11(14)6-7-12/h3-5,8H,6-7,12H2,1-2H3. The van der Waals surface area contributed by atoms with Crippen LogP contribution < -0.4 is 10.6 Å². The van der Waals surface area contributed by atoms with Crippen LogP contribution in [-0.4, -0.2) is 26.4 Å².